The molecule has 0 spiro atoms. The van der Waals surface area contributed by atoms with Crippen molar-refractivity contribution in [3.8, 4) is 0 Å². The number of hydroxylamine groups is 1. The van der Waals surface area contributed by atoms with E-state index in [1.807, 2.05) is 13.8 Å². The van der Waals surface area contributed by atoms with Crippen LogP contribution in [0.15, 0.2) is 0 Å². The molecular weight excluding hydrogens is 286 g/mol. The van der Waals surface area contributed by atoms with Crippen molar-refractivity contribution in [1.82, 2.24) is 16.1 Å². The van der Waals surface area contributed by atoms with Crippen molar-refractivity contribution in [3.05, 3.63) is 0 Å². The monoisotopic (exact) mass is 317 g/mol. The molecular formula is C15H31N3O4. The predicted octanol–water partition coefficient (Wildman–Crippen LogP) is 1.07. The van der Waals surface area contributed by atoms with Crippen LogP contribution in [0.4, 0.5) is 0 Å². The normalized spacial score (nSPS) is 11.3. The second kappa shape index (κ2) is 13.1. The molecule has 4 N–H and O–H groups in total. The Morgan fingerprint density at radius 1 is 1.00 bits per heavy atom. The predicted molar refractivity (Wildman–Crippen MR) is 85.1 cm³/mol. The van der Waals surface area contributed by atoms with E-state index >= 15 is 0 Å². The first-order chi connectivity index (χ1) is 10.1. The summed E-state index contributed by atoms with van der Waals surface area (Å²) in [6, 6.07) is 0. The fraction of sp³-hybridized carbons (Fsp3) is 0.800. The molecule has 0 unspecified atom stereocenters. The van der Waals surface area contributed by atoms with E-state index in [1.165, 1.54) is 12.5 Å². The Bertz CT molecular complexity index is 341. The Balaban J connectivity index is 0. The molecule has 0 heterocycles. The Hall–Kier alpha value is -1.63. The number of hydrogen-bond donors (Lipinski definition) is 4. The summed E-state index contributed by atoms with van der Waals surface area (Å²) in [6.45, 7) is 10.2. The van der Waals surface area contributed by atoms with Crippen LogP contribution in [0, 0.1) is 17.8 Å². The largest absolute Gasteiger partial charge is 0.358 e. The van der Waals surface area contributed by atoms with E-state index in [-0.39, 0.29) is 30.7 Å². The van der Waals surface area contributed by atoms with Gasteiger partial charge in [0.1, 0.15) is 0 Å². The molecule has 0 aromatic carbocycles. The van der Waals surface area contributed by atoms with Crippen molar-refractivity contribution >= 4 is 17.7 Å². The summed E-state index contributed by atoms with van der Waals surface area (Å²) in [6.07, 6.45) is 0.404. The molecule has 1 atom stereocenters. The van der Waals surface area contributed by atoms with Crippen LogP contribution in [-0.4, -0.2) is 36.5 Å². The van der Waals surface area contributed by atoms with Crippen LogP contribution in [0.1, 0.15) is 47.5 Å². The minimum atomic E-state index is -0.615. The summed E-state index contributed by atoms with van der Waals surface area (Å²) in [7, 11) is 1.47. The molecule has 3 amide bonds. The lowest BCUT2D eigenvalue weighted by atomic mass is 9.93. The van der Waals surface area contributed by atoms with E-state index in [9.17, 15) is 14.4 Å². The average molecular weight is 317 g/mol. The average Bonchev–Trinajstić information content (AvgIpc) is 2.42. The second-order valence-electron chi connectivity index (χ2n) is 6.19. The molecule has 0 aliphatic rings. The highest BCUT2D eigenvalue weighted by molar-refractivity contribution is 5.88. The van der Waals surface area contributed by atoms with Crippen LogP contribution in [0.5, 0.6) is 0 Å². The number of likely N-dealkylation sites (N-methyl/N-ethyl adjacent to an activating group) is 1. The van der Waals surface area contributed by atoms with Crippen LogP contribution in [-0.2, 0) is 14.4 Å². The molecule has 0 aromatic heterocycles. The number of amides is 3. The van der Waals surface area contributed by atoms with Gasteiger partial charge in [0, 0.05) is 19.4 Å². The van der Waals surface area contributed by atoms with Gasteiger partial charge in [-0.3, -0.25) is 19.6 Å². The highest BCUT2D eigenvalue weighted by Crippen LogP contribution is 2.15. The maximum absolute atomic E-state index is 11.8. The zero-order chi connectivity index (χ0) is 17.7. The summed E-state index contributed by atoms with van der Waals surface area (Å²) in [4.78, 5) is 33.9. The standard InChI is InChI=1S/C11H21N3O4.C4H10/c1-7(2)4-8(5-9(15)14-18)11(17)13-6-10(16)12-3;1-4(2)3/h7-8,18H,4-6H2,1-3H3,(H,12,16)(H,13,17)(H,14,15);4H,1-3H3/t8-;/m1./s1. The number of hydrogen-bond acceptors (Lipinski definition) is 4. The van der Waals surface area contributed by atoms with Crippen LogP contribution < -0.4 is 16.1 Å². The number of rotatable bonds is 7. The molecule has 0 saturated carbocycles. The van der Waals surface area contributed by atoms with Crippen molar-refractivity contribution in [1.29, 1.82) is 0 Å². The lowest BCUT2D eigenvalue weighted by Crippen LogP contribution is -2.40. The number of carbonyl (C=O) groups is 3. The molecule has 7 nitrogen and oxygen atoms in total. The van der Waals surface area contributed by atoms with Crippen LogP contribution in [0.2, 0.25) is 0 Å². The molecule has 0 bridgehead atoms. The highest BCUT2D eigenvalue weighted by Gasteiger charge is 2.23. The lowest BCUT2D eigenvalue weighted by Gasteiger charge is -2.17. The summed E-state index contributed by atoms with van der Waals surface area (Å²) in [5, 5.41) is 13.3. The minimum absolute atomic E-state index is 0.103. The van der Waals surface area contributed by atoms with Gasteiger partial charge in [-0.15, -0.1) is 0 Å². The third-order valence-electron chi connectivity index (χ3n) is 2.39. The van der Waals surface area contributed by atoms with Crippen molar-refractivity contribution in [2.45, 2.75) is 47.5 Å². The summed E-state index contributed by atoms with van der Waals surface area (Å²) < 4.78 is 0. The fourth-order valence-corrected chi connectivity index (χ4v) is 1.52. The Kier molecular flexibility index (Phi) is 13.4. The van der Waals surface area contributed by atoms with Gasteiger partial charge in [-0.05, 0) is 18.3 Å². The molecule has 130 valence electrons. The molecule has 0 aromatic rings. The first-order valence-corrected chi connectivity index (χ1v) is 7.55. The first kappa shape index (κ1) is 22.6. The zero-order valence-corrected chi connectivity index (χ0v) is 14.5. The molecule has 0 rings (SSSR count). The first-order valence-electron chi connectivity index (χ1n) is 7.55. The molecule has 0 aliphatic heterocycles. The Morgan fingerprint density at radius 2 is 1.50 bits per heavy atom. The van der Waals surface area contributed by atoms with Crippen molar-refractivity contribution in [3.63, 3.8) is 0 Å². The quantitative estimate of drug-likeness (QED) is 0.416. The molecule has 0 radical (unpaired) electrons. The van der Waals surface area contributed by atoms with E-state index in [0.717, 1.165) is 5.92 Å². The van der Waals surface area contributed by atoms with Gasteiger partial charge in [-0.25, -0.2) is 5.48 Å². The zero-order valence-electron chi connectivity index (χ0n) is 14.5. The maximum atomic E-state index is 11.8. The summed E-state index contributed by atoms with van der Waals surface area (Å²) in [5.41, 5.74) is 1.50. The van der Waals surface area contributed by atoms with E-state index in [1.54, 1.807) is 0 Å². The van der Waals surface area contributed by atoms with Gasteiger partial charge in [-0.1, -0.05) is 34.6 Å². The molecule has 22 heavy (non-hydrogen) atoms. The topological polar surface area (TPSA) is 108 Å². The van der Waals surface area contributed by atoms with E-state index in [2.05, 4.69) is 31.4 Å². The van der Waals surface area contributed by atoms with E-state index in [0.29, 0.717) is 6.42 Å². The second-order valence-corrected chi connectivity index (χ2v) is 6.19. The van der Waals surface area contributed by atoms with E-state index in [4.69, 9.17) is 5.21 Å². The molecule has 0 fully saturated rings. The van der Waals surface area contributed by atoms with Crippen molar-refractivity contribution < 1.29 is 19.6 Å². The van der Waals surface area contributed by atoms with Gasteiger partial charge in [0.2, 0.25) is 17.7 Å². The third kappa shape index (κ3) is 14.8. The minimum Gasteiger partial charge on any atom is -0.358 e. The smallest absolute Gasteiger partial charge is 0.244 e. The number of carbonyl (C=O) groups excluding carboxylic acids is 3. The molecule has 7 heteroatoms. The van der Waals surface area contributed by atoms with Gasteiger partial charge in [0.05, 0.1) is 6.54 Å². The SMILES string of the molecule is CC(C)C.CNC(=O)CNC(=O)[C@@H](CC(=O)NO)CC(C)C. The summed E-state index contributed by atoms with van der Waals surface area (Å²) in [5.74, 6) is -0.779. The highest BCUT2D eigenvalue weighted by atomic mass is 16.5. The van der Waals surface area contributed by atoms with Crippen molar-refractivity contribution in [2.75, 3.05) is 13.6 Å². The van der Waals surface area contributed by atoms with Gasteiger partial charge in [0.15, 0.2) is 0 Å². The number of nitrogens with one attached hydrogen (secondary N) is 3. The van der Waals surface area contributed by atoms with Gasteiger partial charge >= 0.3 is 0 Å². The van der Waals surface area contributed by atoms with Gasteiger partial charge in [-0.2, -0.15) is 0 Å². The van der Waals surface area contributed by atoms with Crippen LogP contribution in [0.25, 0.3) is 0 Å². The Labute approximate surface area is 133 Å². The van der Waals surface area contributed by atoms with Gasteiger partial charge in [0.25, 0.3) is 0 Å². The summed E-state index contributed by atoms with van der Waals surface area (Å²) >= 11 is 0. The fourth-order valence-electron chi connectivity index (χ4n) is 1.52. The van der Waals surface area contributed by atoms with Gasteiger partial charge < -0.3 is 10.6 Å². The maximum Gasteiger partial charge on any atom is 0.244 e. The molecule has 0 saturated heterocycles. The van der Waals surface area contributed by atoms with Crippen LogP contribution in [0.3, 0.4) is 0 Å². The van der Waals surface area contributed by atoms with Crippen LogP contribution >= 0.6 is 0 Å². The lowest BCUT2D eigenvalue weighted by molar-refractivity contribution is -0.135. The Morgan fingerprint density at radius 3 is 1.86 bits per heavy atom. The third-order valence-corrected chi connectivity index (χ3v) is 2.39. The van der Waals surface area contributed by atoms with E-state index < -0.39 is 11.8 Å². The molecule has 0 aliphatic carbocycles. The van der Waals surface area contributed by atoms with Crippen molar-refractivity contribution in [2.24, 2.45) is 17.8 Å².